The molecule has 37 heavy (non-hydrogen) atoms. The summed E-state index contributed by atoms with van der Waals surface area (Å²) in [7, 11) is 0. The van der Waals surface area contributed by atoms with Gasteiger partial charge in [0.05, 0.1) is 49.8 Å². The van der Waals surface area contributed by atoms with Crippen LogP contribution in [0.25, 0.3) is 0 Å². The second-order valence-electron chi connectivity index (χ2n) is 10.1. The minimum atomic E-state index is -2.13. The van der Waals surface area contributed by atoms with E-state index in [9.17, 15) is 0 Å². The quantitative estimate of drug-likeness (QED) is 0.139. The summed E-state index contributed by atoms with van der Waals surface area (Å²) in [6.07, 6.45) is 2.16. The van der Waals surface area contributed by atoms with Gasteiger partial charge in [0, 0.05) is 0 Å². The van der Waals surface area contributed by atoms with Crippen LogP contribution in [0.2, 0.25) is 6.32 Å². The van der Waals surface area contributed by atoms with Gasteiger partial charge >= 0.3 is 0 Å². The Kier molecular flexibility index (Phi) is 12.5. The first-order valence-corrected chi connectivity index (χ1v) is 14.1. The molecule has 0 aliphatic rings. The zero-order valence-electron chi connectivity index (χ0n) is 23.5. The average Bonchev–Trinajstić information content (AvgIpc) is 2.93. The van der Waals surface area contributed by atoms with Crippen molar-refractivity contribution < 1.29 is 17.7 Å². The lowest BCUT2D eigenvalue weighted by Gasteiger charge is -2.43. The molecule has 3 aromatic rings. The van der Waals surface area contributed by atoms with Gasteiger partial charge in [-0.25, -0.2) is 13.2 Å². The topological polar surface area (TPSA) is 0 Å². The minimum Gasteiger partial charge on any atom is -0.325 e. The lowest BCUT2D eigenvalue weighted by molar-refractivity contribution is -0.921. The molecule has 3 rings (SSSR count). The summed E-state index contributed by atoms with van der Waals surface area (Å²) in [6, 6.07) is 19.2. The Balaban J connectivity index is 0.000000458. The Labute approximate surface area is 223 Å². The molecule has 1 nitrogen and oxygen atoms in total. The highest BCUT2D eigenvalue weighted by molar-refractivity contribution is 7.11. The number of unbranched alkanes of at least 4 members (excludes halogenated alkanes) is 3. The van der Waals surface area contributed by atoms with Crippen LogP contribution in [-0.4, -0.2) is 36.8 Å². The second kappa shape index (κ2) is 15.0. The van der Waals surface area contributed by atoms with Gasteiger partial charge in [0.25, 0.3) is 0 Å². The van der Waals surface area contributed by atoms with Crippen LogP contribution in [-0.2, 0) is 0 Å². The van der Waals surface area contributed by atoms with E-state index < -0.39 is 23.6 Å². The van der Waals surface area contributed by atoms with Crippen LogP contribution in [0.4, 0.5) is 13.2 Å². The van der Waals surface area contributed by atoms with E-state index in [0.29, 0.717) is 22.7 Å². The normalized spacial score (nSPS) is 11.7. The number of benzene rings is 3. The molecule has 0 unspecified atom stereocenters. The van der Waals surface area contributed by atoms with Crippen LogP contribution in [0.15, 0.2) is 72.8 Å². The summed E-state index contributed by atoms with van der Waals surface area (Å²) in [4.78, 5) is 0. The third kappa shape index (κ3) is 7.28. The third-order valence-corrected chi connectivity index (χ3v) is 8.48. The highest BCUT2D eigenvalue weighted by Crippen LogP contribution is 2.21. The first kappa shape index (κ1) is 30.7. The van der Waals surface area contributed by atoms with Crippen molar-refractivity contribution in [3.63, 3.8) is 0 Å². The summed E-state index contributed by atoms with van der Waals surface area (Å²) < 4.78 is 46.5. The van der Waals surface area contributed by atoms with Crippen LogP contribution in [0.3, 0.4) is 0 Å². The Hall–Kier alpha value is -2.53. The molecule has 0 saturated carbocycles. The van der Waals surface area contributed by atoms with Crippen molar-refractivity contribution in [1.29, 1.82) is 0 Å². The highest BCUT2D eigenvalue weighted by Gasteiger charge is 2.35. The molecule has 202 valence electrons. The van der Waals surface area contributed by atoms with Crippen LogP contribution in [0.5, 0.6) is 0 Å². The number of hydrogen-bond acceptors (Lipinski definition) is 0. The molecular formula is C32H45BF3N. The van der Waals surface area contributed by atoms with Gasteiger partial charge in [-0.3, -0.25) is 0 Å². The molecule has 5 heteroatoms. The Morgan fingerprint density at radius 2 is 0.865 bits per heavy atom. The van der Waals surface area contributed by atoms with Gasteiger partial charge in [-0.2, -0.15) is 22.7 Å². The predicted molar refractivity (Wildman–Crippen MR) is 155 cm³/mol. The highest BCUT2D eigenvalue weighted by atomic mass is 19.1. The lowest BCUT2D eigenvalue weighted by Crippen LogP contribution is -2.69. The first-order valence-electron chi connectivity index (χ1n) is 14.1. The maximum Gasteiger partial charge on any atom is 0.0922 e. The molecule has 0 heterocycles. The van der Waals surface area contributed by atoms with Gasteiger partial charge in [-0.15, -0.1) is 0 Å². The maximum absolute atomic E-state index is 15.1. The van der Waals surface area contributed by atoms with Gasteiger partial charge in [0.2, 0.25) is 0 Å². The molecule has 0 aliphatic carbocycles. The zero-order chi connectivity index (χ0) is 27.3. The summed E-state index contributed by atoms with van der Waals surface area (Å²) in [5.41, 5.74) is 1.11. The van der Waals surface area contributed by atoms with Crippen molar-refractivity contribution in [3.8, 4) is 0 Å². The fourth-order valence-corrected chi connectivity index (χ4v) is 5.81. The average molecular weight is 512 g/mol. The molecular weight excluding hydrogens is 466 g/mol. The summed E-state index contributed by atoms with van der Waals surface area (Å²) in [6.45, 7) is 16.3. The standard InChI is InChI=1S/C24H25BF3.C8H20N/c1-2-3-4-11-18-25(19-12-5-8-15-22(19)26,20-13-6-9-16-23(20)27)21-14-7-10-17-24(21)28;1-5-9(6-2,7-3)8-4/h5-10,12-17H,2-4,11,18H2,1H3;5-8H2,1-4H3/q-1;+1. The van der Waals surface area contributed by atoms with Crippen molar-refractivity contribution in [1.82, 2.24) is 0 Å². The first-order chi connectivity index (χ1) is 17.9. The number of hydrogen-bond donors (Lipinski definition) is 0. The van der Waals surface area contributed by atoms with Gasteiger partial charge < -0.3 is 4.48 Å². The second-order valence-corrected chi connectivity index (χ2v) is 10.1. The van der Waals surface area contributed by atoms with Crippen molar-refractivity contribution in [3.05, 3.63) is 90.2 Å². The van der Waals surface area contributed by atoms with Crippen LogP contribution < -0.4 is 16.4 Å². The van der Waals surface area contributed by atoms with E-state index in [4.69, 9.17) is 0 Å². The van der Waals surface area contributed by atoms with E-state index in [2.05, 4.69) is 34.6 Å². The van der Waals surface area contributed by atoms with E-state index >= 15 is 13.2 Å². The Bertz CT molecular complexity index is 952. The molecule has 0 aromatic heterocycles. The van der Waals surface area contributed by atoms with Gasteiger partial charge in [0.15, 0.2) is 0 Å². The molecule has 0 radical (unpaired) electrons. The summed E-state index contributed by atoms with van der Waals surface area (Å²) in [5, 5.41) is 0. The summed E-state index contributed by atoms with van der Waals surface area (Å²) >= 11 is 0. The molecule has 0 spiro atoms. The fraction of sp³-hybridized carbons (Fsp3) is 0.438. The fourth-order valence-electron chi connectivity index (χ4n) is 5.81. The summed E-state index contributed by atoms with van der Waals surface area (Å²) in [5.74, 6) is -1.28. The molecule has 3 aromatic carbocycles. The predicted octanol–water partition coefficient (Wildman–Crippen LogP) is 7.04. The largest absolute Gasteiger partial charge is 0.325 e. The van der Waals surface area contributed by atoms with Crippen molar-refractivity contribution in [2.24, 2.45) is 0 Å². The third-order valence-electron chi connectivity index (χ3n) is 8.48. The number of nitrogens with zero attached hydrogens (tertiary/aromatic N) is 1. The number of halogens is 3. The van der Waals surface area contributed by atoms with E-state index in [1.54, 1.807) is 54.6 Å². The van der Waals surface area contributed by atoms with Crippen LogP contribution in [0, 0.1) is 17.5 Å². The molecule has 0 saturated heterocycles. The van der Waals surface area contributed by atoms with E-state index in [1.165, 1.54) is 48.9 Å². The molecule has 0 N–H and O–H groups in total. The SMILES string of the molecule is CCCCCC[B-](c1ccccc1F)(c1ccccc1F)c1ccccc1F.CC[N+](CC)(CC)CC. The van der Waals surface area contributed by atoms with Gasteiger partial charge in [0.1, 0.15) is 0 Å². The van der Waals surface area contributed by atoms with E-state index in [-0.39, 0.29) is 0 Å². The smallest absolute Gasteiger partial charge is 0.0922 e. The number of rotatable bonds is 12. The van der Waals surface area contributed by atoms with E-state index in [1.807, 2.05) is 0 Å². The molecule has 0 atom stereocenters. The number of quaternary nitrogens is 1. The Morgan fingerprint density at radius 1 is 0.514 bits per heavy atom. The molecule has 0 bridgehead atoms. The van der Waals surface area contributed by atoms with Crippen molar-refractivity contribution in [2.75, 3.05) is 26.2 Å². The monoisotopic (exact) mass is 511 g/mol. The minimum absolute atomic E-state index is 0.370. The Morgan fingerprint density at radius 3 is 1.14 bits per heavy atom. The van der Waals surface area contributed by atoms with Gasteiger partial charge in [-0.05, 0) is 45.9 Å². The van der Waals surface area contributed by atoms with E-state index in [0.717, 1.165) is 25.7 Å². The molecule has 0 fully saturated rings. The lowest BCUT2D eigenvalue weighted by atomic mass is 9.13. The van der Waals surface area contributed by atoms with Crippen molar-refractivity contribution in [2.45, 2.75) is 66.6 Å². The van der Waals surface area contributed by atoms with Gasteiger partial charge in [-0.1, -0.05) is 87.2 Å². The van der Waals surface area contributed by atoms with Crippen LogP contribution >= 0.6 is 0 Å². The molecule has 0 aliphatic heterocycles. The maximum atomic E-state index is 15.1. The van der Waals surface area contributed by atoms with Crippen molar-refractivity contribution >= 4 is 22.5 Å². The molecule has 0 amide bonds. The van der Waals surface area contributed by atoms with Crippen LogP contribution in [0.1, 0.15) is 60.3 Å². The zero-order valence-corrected chi connectivity index (χ0v) is 23.5.